The SMILES string of the molecule is O=S(=O)(N[C@@H]1CCCNC1)c1cccc(Cl)c1Cl. The first kappa shape index (κ1) is 14.1. The van der Waals surface area contributed by atoms with Gasteiger partial charge in [-0.1, -0.05) is 29.3 Å². The average molecular weight is 309 g/mol. The molecule has 0 unspecified atom stereocenters. The van der Waals surface area contributed by atoms with Crippen LogP contribution in [0, 0.1) is 0 Å². The van der Waals surface area contributed by atoms with Crippen LogP contribution in [0.15, 0.2) is 23.1 Å². The summed E-state index contributed by atoms with van der Waals surface area (Å²) in [4.78, 5) is 0.0299. The Morgan fingerprint density at radius 3 is 2.78 bits per heavy atom. The Balaban J connectivity index is 2.22. The fourth-order valence-corrected chi connectivity index (χ4v) is 3.96. The number of benzene rings is 1. The van der Waals surface area contributed by atoms with Gasteiger partial charge >= 0.3 is 0 Å². The standard InChI is InChI=1S/C11H14Cl2N2O2S/c12-9-4-1-5-10(11(9)13)18(16,17)15-8-3-2-6-14-7-8/h1,4-5,8,14-15H,2-3,6-7H2/t8-/m1/s1. The number of halogens is 2. The van der Waals surface area contributed by atoms with Gasteiger partial charge in [0, 0.05) is 12.6 Å². The lowest BCUT2D eigenvalue weighted by Gasteiger charge is -2.23. The Labute approximate surface area is 117 Å². The van der Waals surface area contributed by atoms with Gasteiger partial charge in [0.1, 0.15) is 4.90 Å². The summed E-state index contributed by atoms with van der Waals surface area (Å²) < 4.78 is 27.0. The fourth-order valence-electron chi connectivity index (χ4n) is 1.93. The second kappa shape index (κ2) is 5.75. The monoisotopic (exact) mass is 308 g/mol. The van der Waals surface area contributed by atoms with Gasteiger partial charge in [0.05, 0.1) is 10.0 Å². The Morgan fingerprint density at radius 1 is 1.33 bits per heavy atom. The van der Waals surface area contributed by atoms with Crippen molar-refractivity contribution in [2.75, 3.05) is 13.1 Å². The molecule has 100 valence electrons. The molecule has 0 aliphatic carbocycles. The molecular formula is C11H14Cl2N2O2S. The Bertz CT molecular complexity index is 528. The molecule has 1 atom stereocenters. The van der Waals surface area contributed by atoms with Gasteiger partial charge in [-0.15, -0.1) is 0 Å². The molecule has 0 bridgehead atoms. The number of sulfonamides is 1. The molecule has 2 N–H and O–H groups in total. The third kappa shape index (κ3) is 3.16. The quantitative estimate of drug-likeness (QED) is 0.898. The van der Waals surface area contributed by atoms with E-state index in [2.05, 4.69) is 10.0 Å². The topological polar surface area (TPSA) is 58.2 Å². The zero-order valence-corrected chi connectivity index (χ0v) is 11.9. The smallest absolute Gasteiger partial charge is 0.242 e. The highest BCUT2D eigenvalue weighted by Crippen LogP contribution is 2.29. The molecule has 4 nitrogen and oxygen atoms in total. The minimum atomic E-state index is -3.62. The second-order valence-corrected chi connectivity index (χ2v) is 6.68. The van der Waals surface area contributed by atoms with E-state index in [-0.39, 0.29) is 21.0 Å². The predicted octanol–water partition coefficient (Wildman–Crippen LogP) is 2.02. The van der Waals surface area contributed by atoms with E-state index in [1.165, 1.54) is 6.07 Å². The first-order chi connectivity index (χ1) is 8.50. The molecular weight excluding hydrogens is 295 g/mol. The summed E-state index contributed by atoms with van der Waals surface area (Å²) in [6, 6.07) is 4.48. The third-order valence-corrected chi connectivity index (χ3v) is 5.32. The van der Waals surface area contributed by atoms with Gasteiger partial charge < -0.3 is 5.32 Å². The molecule has 0 aromatic heterocycles. The van der Waals surface area contributed by atoms with Crippen molar-refractivity contribution in [2.45, 2.75) is 23.8 Å². The van der Waals surface area contributed by atoms with Crippen molar-refractivity contribution in [3.63, 3.8) is 0 Å². The van der Waals surface area contributed by atoms with Gasteiger partial charge in [-0.2, -0.15) is 0 Å². The maximum absolute atomic E-state index is 12.2. The lowest BCUT2D eigenvalue weighted by molar-refractivity contribution is 0.428. The molecule has 1 aromatic rings. The summed E-state index contributed by atoms with van der Waals surface area (Å²) in [6.07, 6.45) is 1.78. The van der Waals surface area contributed by atoms with Crippen molar-refractivity contribution in [3.8, 4) is 0 Å². The zero-order chi connectivity index (χ0) is 13.2. The van der Waals surface area contributed by atoms with Crippen molar-refractivity contribution in [2.24, 2.45) is 0 Å². The van der Waals surface area contributed by atoms with Crippen LogP contribution < -0.4 is 10.0 Å². The molecule has 0 saturated carbocycles. The lowest BCUT2D eigenvalue weighted by Crippen LogP contribution is -2.45. The highest BCUT2D eigenvalue weighted by Gasteiger charge is 2.24. The summed E-state index contributed by atoms with van der Waals surface area (Å²) in [5.41, 5.74) is 0. The molecule has 18 heavy (non-hydrogen) atoms. The normalized spacial score (nSPS) is 20.9. The van der Waals surface area contributed by atoms with Crippen LogP contribution in [-0.4, -0.2) is 27.5 Å². The summed E-state index contributed by atoms with van der Waals surface area (Å²) in [5.74, 6) is 0. The van der Waals surface area contributed by atoms with E-state index >= 15 is 0 Å². The molecule has 0 spiro atoms. The van der Waals surface area contributed by atoms with E-state index in [0.717, 1.165) is 19.4 Å². The second-order valence-electron chi connectivity index (χ2n) is 4.22. The van der Waals surface area contributed by atoms with Gasteiger partial charge in [0.15, 0.2) is 0 Å². The lowest BCUT2D eigenvalue weighted by atomic mass is 10.1. The molecule has 2 rings (SSSR count). The molecule has 7 heteroatoms. The van der Waals surface area contributed by atoms with E-state index < -0.39 is 10.0 Å². The first-order valence-electron chi connectivity index (χ1n) is 5.68. The Morgan fingerprint density at radius 2 is 2.11 bits per heavy atom. The van der Waals surface area contributed by atoms with Crippen LogP contribution in [0.4, 0.5) is 0 Å². The highest BCUT2D eigenvalue weighted by atomic mass is 35.5. The van der Waals surface area contributed by atoms with Gasteiger partial charge in [-0.05, 0) is 31.5 Å². The van der Waals surface area contributed by atoms with Crippen LogP contribution in [0.2, 0.25) is 10.0 Å². The van der Waals surface area contributed by atoms with E-state index in [0.29, 0.717) is 6.54 Å². The molecule has 0 amide bonds. The third-order valence-electron chi connectivity index (χ3n) is 2.82. The number of hydrogen-bond acceptors (Lipinski definition) is 3. The highest BCUT2D eigenvalue weighted by molar-refractivity contribution is 7.89. The predicted molar refractivity (Wildman–Crippen MR) is 72.7 cm³/mol. The Hall–Kier alpha value is -0.330. The van der Waals surface area contributed by atoms with Crippen LogP contribution in [-0.2, 0) is 10.0 Å². The minimum absolute atomic E-state index is 0.0299. The largest absolute Gasteiger partial charge is 0.315 e. The van der Waals surface area contributed by atoms with E-state index in [1.807, 2.05) is 0 Å². The molecule has 1 aliphatic heterocycles. The minimum Gasteiger partial charge on any atom is -0.315 e. The molecule has 1 aliphatic rings. The molecule has 1 heterocycles. The van der Waals surface area contributed by atoms with E-state index in [9.17, 15) is 8.42 Å². The van der Waals surface area contributed by atoms with Gasteiger partial charge in [-0.25, -0.2) is 13.1 Å². The average Bonchev–Trinajstić information content (AvgIpc) is 2.33. The van der Waals surface area contributed by atoms with Crippen molar-refractivity contribution in [1.82, 2.24) is 10.0 Å². The van der Waals surface area contributed by atoms with Gasteiger partial charge in [-0.3, -0.25) is 0 Å². The molecule has 1 saturated heterocycles. The van der Waals surface area contributed by atoms with Crippen LogP contribution in [0.3, 0.4) is 0 Å². The van der Waals surface area contributed by atoms with E-state index in [1.54, 1.807) is 12.1 Å². The first-order valence-corrected chi connectivity index (χ1v) is 7.91. The summed E-state index contributed by atoms with van der Waals surface area (Å²) in [6.45, 7) is 1.56. The van der Waals surface area contributed by atoms with E-state index in [4.69, 9.17) is 23.2 Å². The van der Waals surface area contributed by atoms with Crippen LogP contribution in [0.1, 0.15) is 12.8 Å². The Kier molecular flexibility index (Phi) is 4.50. The van der Waals surface area contributed by atoms with Crippen LogP contribution >= 0.6 is 23.2 Å². The number of hydrogen-bond donors (Lipinski definition) is 2. The molecule has 1 fully saturated rings. The zero-order valence-electron chi connectivity index (χ0n) is 9.62. The van der Waals surface area contributed by atoms with Crippen molar-refractivity contribution in [3.05, 3.63) is 28.2 Å². The van der Waals surface area contributed by atoms with Crippen molar-refractivity contribution < 1.29 is 8.42 Å². The summed E-state index contributed by atoms with van der Waals surface area (Å²) in [5, 5.41) is 3.45. The van der Waals surface area contributed by atoms with Crippen LogP contribution in [0.25, 0.3) is 0 Å². The maximum atomic E-state index is 12.2. The van der Waals surface area contributed by atoms with Gasteiger partial charge in [0.25, 0.3) is 0 Å². The van der Waals surface area contributed by atoms with Crippen LogP contribution in [0.5, 0.6) is 0 Å². The molecule has 1 aromatic carbocycles. The summed E-state index contributed by atoms with van der Waals surface area (Å²) in [7, 11) is -3.62. The van der Waals surface area contributed by atoms with Crippen molar-refractivity contribution in [1.29, 1.82) is 0 Å². The number of nitrogens with one attached hydrogen (secondary N) is 2. The van der Waals surface area contributed by atoms with Crippen molar-refractivity contribution >= 4 is 33.2 Å². The molecule has 0 radical (unpaired) electrons. The maximum Gasteiger partial charge on any atom is 0.242 e. The van der Waals surface area contributed by atoms with Gasteiger partial charge in [0.2, 0.25) is 10.0 Å². The number of rotatable bonds is 3. The summed E-state index contributed by atoms with van der Waals surface area (Å²) >= 11 is 11.8. The number of piperidine rings is 1. The fraction of sp³-hybridized carbons (Fsp3) is 0.455.